The number of benzene rings is 1. The predicted octanol–water partition coefficient (Wildman–Crippen LogP) is 3.36. The second-order valence-electron chi connectivity index (χ2n) is 4.44. The smallest absolute Gasteiger partial charge is 0.211 e. The van der Waals surface area contributed by atoms with Gasteiger partial charge in [-0.1, -0.05) is 44.4 Å². The fourth-order valence-electron chi connectivity index (χ4n) is 1.75. The molecule has 0 radical (unpaired) electrons. The lowest BCUT2D eigenvalue weighted by atomic mass is 10.0. The van der Waals surface area contributed by atoms with E-state index in [4.69, 9.17) is 11.6 Å². The van der Waals surface area contributed by atoms with E-state index >= 15 is 0 Å². The summed E-state index contributed by atoms with van der Waals surface area (Å²) in [4.78, 5) is 0.265. The second-order valence-corrected chi connectivity index (χ2v) is 6.62. The predicted molar refractivity (Wildman–Crippen MR) is 75.4 cm³/mol. The van der Waals surface area contributed by atoms with E-state index in [-0.39, 0.29) is 4.90 Å². The monoisotopic (exact) mass is 289 g/mol. The maximum absolute atomic E-state index is 12.2. The van der Waals surface area contributed by atoms with Crippen molar-refractivity contribution >= 4 is 21.6 Å². The average Bonchev–Trinajstić information content (AvgIpc) is 2.33. The topological polar surface area (TPSA) is 46.2 Å². The molecule has 1 N–H and O–H groups in total. The van der Waals surface area contributed by atoms with Gasteiger partial charge in [0, 0.05) is 11.6 Å². The molecule has 102 valence electrons. The van der Waals surface area contributed by atoms with Crippen molar-refractivity contribution in [2.24, 2.45) is 5.92 Å². The van der Waals surface area contributed by atoms with Gasteiger partial charge in [-0.2, -0.15) is 0 Å². The summed E-state index contributed by atoms with van der Waals surface area (Å²) < 4.78 is 27.0. The van der Waals surface area contributed by atoms with Crippen molar-refractivity contribution in [3.8, 4) is 0 Å². The number of hydrogen-bond acceptors (Lipinski definition) is 2. The molecule has 18 heavy (non-hydrogen) atoms. The summed E-state index contributed by atoms with van der Waals surface area (Å²) in [6.07, 6.45) is 1.93. The highest BCUT2D eigenvalue weighted by molar-refractivity contribution is 7.89. The van der Waals surface area contributed by atoms with E-state index in [1.165, 1.54) is 6.07 Å². The van der Waals surface area contributed by atoms with Crippen LogP contribution in [0.1, 0.15) is 32.3 Å². The number of hydrogen-bond donors (Lipinski definition) is 1. The van der Waals surface area contributed by atoms with Gasteiger partial charge in [-0.05, 0) is 30.5 Å². The molecule has 0 atom stereocenters. The van der Waals surface area contributed by atoms with Crippen LogP contribution in [0.15, 0.2) is 23.1 Å². The lowest BCUT2D eigenvalue weighted by Gasteiger charge is -2.14. The summed E-state index contributed by atoms with van der Waals surface area (Å²) >= 11 is 5.85. The largest absolute Gasteiger partial charge is 0.240 e. The molecule has 3 nitrogen and oxygen atoms in total. The van der Waals surface area contributed by atoms with Crippen LogP contribution >= 0.6 is 11.6 Å². The van der Waals surface area contributed by atoms with E-state index in [9.17, 15) is 8.42 Å². The Morgan fingerprint density at radius 1 is 1.28 bits per heavy atom. The quantitative estimate of drug-likeness (QED) is 0.873. The molecular weight excluding hydrogens is 270 g/mol. The number of nitrogens with one attached hydrogen (secondary N) is 1. The summed E-state index contributed by atoms with van der Waals surface area (Å²) in [6.45, 7) is 6.36. The Labute approximate surface area is 115 Å². The fraction of sp³-hybridized carbons (Fsp3) is 0.538. The zero-order chi connectivity index (χ0) is 13.8. The van der Waals surface area contributed by atoms with E-state index in [0.29, 0.717) is 23.0 Å². The third-order valence-corrected chi connectivity index (χ3v) is 4.96. The highest BCUT2D eigenvalue weighted by Crippen LogP contribution is 2.20. The Kier molecular flexibility index (Phi) is 5.63. The molecule has 0 spiro atoms. The van der Waals surface area contributed by atoms with Crippen LogP contribution in [0.4, 0.5) is 0 Å². The zero-order valence-electron chi connectivity index (χ0n) is 11.0. The van der Waals surface area contributed by atoms with E-state index in [2.05, 4.69) is 18.6 Å². The normalized spacial score (nSPS) is 12.1. The first-order chi connectivity index (χ1) is 8.40. The highest BCUT2D eigenvalue weighted by Gasteiger charge is 2.18. The van der Waals surface area contributed by atoms with Gasteiger partial charge in [0.2, 0.25) is 10.0 Å². The van der Waals surface area contributed by atoms with Crippen molar-refractivity contribution in [3.63, 3.8) is 0 Å². The van der Waals surface area contributed by atoms with Crippen molar-refractivity contribution in [1.29, 1.82) is 0 Å². The Morgan fingerprint density at radius 3 is 2.44 bits per heavy atom. The average molecular weight is 290 g/mol. The molecule has 0 aliphatic rings. The Hall–Kier alpha value is -0.580. The van der Waals surface area contributed by atoms with E-state index in [1.807, 2.05) is 0 Å². The Balaban J connectivity index is 2.89. The molecule has 0 saturated heterocycles. The standard InChI is InChI=1S/C13H20ClNO2S/c1-4-11(5-2)9-15-18(16,17)13-8-12(14)7-6-10(13)3/h6-8,11,15H,4-5,9H2,1-3H3. The molecule has 0 saturated carbocycles. The van der Waals surface area contributed by atoms with Gasteiger partial charge in [-0.25, -0.2) is 13.1 Å². The summed E-state index contributed by atoms with van der Waals surface area (Å²) in [7, 11) is -3.46. The van der Waals surface area contributed by atoms with Crippen LogP contribution < -0.4 is 4.72 Å². The third kappa shape index (κ3) is 3.97. The first-order valence-corrected chi connectivity index (χ1v) is 8.02. The molecule has 0 amide bonds. The number of sulfonamides is 1. The van der Waals surface area contributed by atoms with Crippen LogP contribution in [0, 0.1) is 12.8 Å². The molecule has 5 heteroatoms. The summed E-state index contributed by atoms with van der Waals surface area (Å²) in [6, 6.07) is 4.90. The minimum atomic E-state index is -3.46. The lowest BCUT2D eigenvalue weighted by molar-refractivity contribution is 0.479. The molecule has 0 aliphatic carbocycles. The van der Waals surface area contributed by atoms with Crippen molar-refractivity contribution < 1.29 is 8.42 Å². The molecule has 1 aromatic carbocycles. The van der Waals surface area contributed by atoms with Crippen LogP contribution in [-0.2, 0) is 10.0 Å². The van der Waals surface area contributed by atoms with Crippen LogP contribution in [0.5, 0.6) is 0 Å². The minimum Gasteiger partial charge on any atom is -0.211 e. The van der Waals surface area contributed by atoms with E-state index < -0.39 is 10.0 Å². The molecule has 0 aromatic heterocycles. The van der Waals surface area contributed by atoms with Crippen molar-refractivity contribution in [3.05, 3.63) is 28.8 Å². The van der Waals surface area contributed by atoms with E-state index in [1.54, 1.807) is 19.1 Å². The van der Waals surface area contributed by atoms with Gasteiger partial charge in [-0.15, -0.1) is 0 Å². The lowest BCUT2D eigenvalue weighted by Crippen LogP contribution is -2.29. The van der Waals surface area contributed by atoms with Gasteiger partial charge in [-0.3, -0.25) is 0 Å². The molecule has 0 aliphatic heterocycles. The van der Waals surface area contributed by atoms with Crippen molar-refractivity contribution in [1.82, 2.24) is 4.72 Å². The van der Waals surface area contributed by atoms with Gasteiger partial charge in [0.1, 0.15) is 0 Å². The summed E-state index contributed by atoms with van der Waals surface area (Å²) in [5.41, 5.74) is 0.705. The molecule has 1 rings (SSSR count). The van der Waals surface area contributed by atoms with Gasteiger partial charge in [0.15, 0.2) is 0 Å². The maximum atomic E-state index is 12.2. The SMILES string of the molecule is CCC(CC)CNS(=O)(=O)c1cc(Cl)ccc1C. The molecular formula is C13H20ClNO2S. The van der Waals surface area contributed by atoms with Crippen LogP contribution in [0.3, 0.4) is 0 Å². The summed E-state index contributed by atoms with van der Waals surface area (Å²) in [5, 5.41) is 0.434. The van der Waals surface area contributed by atoms with Crippen LogP contribution in [0.2, 0.25) is 5.02 Å². The van der Waals surface area contributed by atoms with Crippen molar-refractivity contribution in [2.45, 2.75) is 38.5 Å². The van der Waals surface area contributed by atoms with Gasteiger partial charge in [0.05, 0.1) is 4.90 Å². The first kappa shape index (κ1) is 15.5. The minimum absolute atomic E-state index is 0.265. The Bertz CT molecular complexity index is 496. The van der Waals surface area contributed by atoms with Gasteiger partial charge >= 0.3 is 0 Å². The Morgan fingerprint density at radius 2 is 1.89 bits per heavy atom. The maximum Gasteiger partial charge on any atom is 0.240 e. The zero-order valence-corrected chi connectivity index (χ0v) is 12.6. The van der Waals surface area contributed by atoms with E-state index in [0.717, 1.165) is 12.8 Å². The number of aryl methyl sites for hydroxylation is 1. The second kappa shape index (κ2) is 6.55. The first-order valence-electron chi connectivity index (χ1n) is 6.16. The molecule has 1 aromatic rings. The highest BCUT2D eigenvalue weighted by atomic mass is 35.5. The molecule has 0 unspecified atom stereocenters. The molecule has 0 bridgehead atoms. The number of halogens is 1. The fourth-order valence-corrected chi connectivity index (χ4v) is 3.37. The van der Waals surface area contributed by atoms with Crippen LogP contribution in [0.25, 0.3) is 0 Å². The number of rotatable bonds is 6. The third-order valence-electron chi connectivity index (χ3n) is 3.16. The summed E-state index contributed by atoms with van der Waals surface area (Å²) in [5.74, 6) is 0.374. The molecule has 0 heterocycles. The van der Waals surface area contributed by atoms with Crippen molar-refractivity contribution in [2.75, 3.05) is 6.54 Å². The van der Waals surface area contributed by atoms with Crippen LogP contribution in [-0.4, -0.2) is 15.0 Å². The molecule has 0 fully saturated rings. The van der Waals surface area contributed by atoms with Gasteiger partial charge in [0.25, 0.3) is 0 Å². The van der Waals surface area contributed by atoms with Gasteiger partial charge < -0.3 is 0 Å².